The third-order valence-electron chi connectivity index (χ3n) is 7.15. The summed E-state index contributed by atoms with van der Waals surface area (Å²) >= 11 is -0.138. The Labute approximate surface area is 228 Å². The Kier molecular flexibility index (Phi) is 9.25. The van der Waals surface area contributed by atoms with Crippen molar-refractivity contribution in [3.63, 3.8) is 0 Å². The fourth-order valence-electron chi connectivity index (χ4n) is 5.06. The van der Waals surface area contributed by atoms with Crippen LogP contribution in [0.5, 0.6) is 0 Å². The molecule has 2 aliphatic heterocycles. The number of likely N-dealkylation sites (tertiary alicyclic amines) is 1. The zero-order valence-electron chi connectivity index (χ0n) is 21.6. The van der Waals surface area contributed by atoms with Crippen molar-refractivity contribution >= 4 is 29.0 Å². The highest BCUT2D eigenvalue weighted by Gasteiger charge is 2.31. The van der Waals surface area contributed by atoms with Crippen LogP contribution in [-0.4, -0.2) is 73.1 Å². The molecule has 2 aromatic rings. The Hall–Kier alpha value is -2.60. The van der Waals surface area contributed by atoms with Crippen LogP contribution in [0.4, 0.5) is 37.7 Å². The third-order valence-corrected chi connectivity index (χ3v) is 7.89. The first-order chi connectivity index (χ1) is 18.4. The molecular formula is C27H32F6N4OS. The van der Waals surface area contributed by atoms with E-state index in [-0.39, 0.29) is 34.5 Å². The van der Waals surface area contributed by atoms with Crippen LogP contribution in [0, 0.1) is 5.92 Å². The second kappa shape index (κ2) is 12.3. The summed E-state index contributed by atoms with van der Waals surface area (Å²) in [6, 6.07) is 11.5. The fraction of sp³-hybridized carbons (Fsp3) is 0.519. The van der Waals surface area contributed by atoms with Gasteiger partial charge in [-0.15, -0.1) is 0 Å². The number of nitrogens with zero attached hydrogens (tertiary/aromatic N) is 3. The van der Waals surface area contributed by atoms with Crippen molar-refractivity contribution in [3.8, 4) is 0 Å². The van der Waals surface area contributed by atoms with Gasteiger partial charge in [0.25, 0.3) is 0 Å². The molecule has 12 heteroatoms. The molecule has 1 unspecified atom stereocenters. The SMILES string of the molecule is CC(CN1CCN(c2ccc(C(F)(F)F)cc2)CC1)C(=O)N1CCC(Nc2ccc(SC(F)(F)F)cc2)CC1. The second-order valence-electron chi connectivity index (χ2n) is 10.0. The molecule has 1 amide bonds. The highest BCUT2D eigenvalue weighted by atomic mass is 32.2. The van der Waals surface area contributed by atoms with Gasteiger partial charge in [-0.3, -0.25) is 9.69 Å². The number of anilines is 2. The van der Waals surface area contributed by atoms with Crippen molar-refractivity contribution in [2.75, 3.05) is 56.0 Å². The Morgan fingerprint density at radius 3 is 2.03 bits per heavy atom. The summed E-state index contributed by atoms with van der Waals surface area (Å²) in [5.74, 6) is -0.0713. The van der Waals surface area contributed by atoms with Crippen LogP contribution in [0.2, 0.25) is 0 Å². The lowest BCUT2D eigenvalue weighted by atomic mass is 10.0. The molecule has 2 aliphatic rings. The van der Waals surface area contributed by atoms with E-state index in [4.69, 9.17) is 0 Å². The average Bonchev–Trinajstić information content (AvgIpc) is 2.89. The molecule has 214 valence electrons. The van der Waals surface area contributed by atoms with Gasteiger partial charge in [0.1, 0.15) is 0 Å². The van der Waals surface area contributed by atoms with E-state index >= 15 is 0 Å². The third kappa shape index (κ3) is 8.44. The number of piperazine rings is 1. The number of carbonyl (C=O) groups is 1. The van der Waals surface area contributed by atoms with Gasteiger partial charge in [-0.1, -0.05) is 6.92 Å². The predicted molar refractivity (Wildman–Crippen MR) is 141 cm³/mol. The van der Waals surface area contributed by atoms with Crippen LogP contribution < -0.4 is 10.2 Å². The van der Waals surface area contributed by atoms with Gasteiger partial charge >= 0.3 is 11.7 Å². The summed E-state index contributed by atoms with van der Waals surface area (Å²) in [5, 5.41) is 3.36. The van der Waals surface area contributed by atoms with Gasteiger partial charge < -0.3 is 15.1 Å². The van der Waals surface area contributed by atoms with Crippen LogP contribution in [0.3, 0.4) is 0 Å². The molecule has 0 spiro atoms. The topological polar surface area (TPSA) is 38.8 Å². The lowest BCUT2D eigenvalue weighted by Crippen LogP contribution is -2.50. The number of thioether (sulfide) groups is 1. The van der Waals surface area contributed by atoms with Gasteiger partial charge in [0, 0.05) is 74.0 Å². The Morgan fingerprint density at radius 2 is 1.49 bits per heavy atom. The Morgan fingerprint density at radius 1 is 0.897 bits per heavy atom. The van der Waals surface area contributed by atoms with E-state index in [9.17, 15) is 31.1 Å². The second-order valence-corrected chi connectivity index (χ2v) is 11.2. The van der Waals surface area contributed by atoms with Gasteiger partial charge in [0.05, 0.1) is 5.56 Å². The number of nitrogens with one attached hydrogen (secondary N) is 1. The molecule has 1 atom stereocenters. The molecule has 0 saturated carbocycles. The molecule has 2 fully saturated rings. The van der Waals surface area contributed by atoms with Crippen molar-refractivity contribution in [1.82, 2.24) is 9.80 Å². The zero-order chi connectivity index (χ0) is 28.2. The molecule has 0 aliphatic carbocycles. The first kappa shape index (κ1) is 29.4. The minimum atomic E-state index is -4.35. The maximum absolute atomic E-state index is 13.1. The first-order valence-electron chi connectivity index (χ1n) is 12.9. The number of piperidine rings is 1. The fourth-order valence-corrected chi connectivity index (χ4v) is 5.60. The lowest BCUT2D eigenvalue weighted by Gasteiger charge is -2.38. The largest absolute Gasteiger partial charge is 0.446 e. The summed E-state index contributed by atoms with van der Waals surface area (Å²) in [6.07, 6.45) is -2.84. The van der Waals surface area contributed by atoms with Crippen molar-refractivity contribution in [3.05, 3.63) is 54.1 Å². The summed E-state index contributed by atoms with van der Waals surface area (Å²) in [5.41, 5.74) is -3.45. The van der Waals surface area contributed by atoms with Crippen LogP contribution in [0.25, 0.3) is 0 Å². The average molecular weight is 575 g/mol. The molecule has 2 heterocycles. The normalized spacial score (nSPS) is 18.7. The minimum Gasteiger partial charge on any atom is -0.382 e. The van der Waals surface area contributed by atoms with Crippen molar-refractivity contribution in [2.45, 2.75) is 42.4 Å². The van der Waals surface area contributed by atoms with Gasteiger partial charge in [-0.25, -0.2) is 0 Å². The van der Waals surface area contributed by atoms with E-state index in [0.717, 1.165) is 49.4 Å². The zero-order valence-corrected chi connectivity index (χ0v) is 22.4. The standard InChI is InChI=1S/C27H32F6N4OS/c1-19(18-35-14-16-36(17-15-35)23-6-2-20(3-7-23)26(28,29)30)25(38)37-12-10-22(11-13-37)34-21-4-8-24(9-5-21)39-27(31,32)33/h2-9,19,22,34H,10-18H2,1H3. The van der Waals surface area contributed by atoms with Crippen LogP contribution in [0.1, 0.15) is 25.3 Å². The van der Waals surface area contributed by atoms with Crippen LogP contribution >= 0.6 is 11.8 Å². The molecule has 5 nitrogen and oxygen atoms in total. The maximum atomic E-state index is 13.1. The van der Waals surface area contributed by atoms with Crippen molar-refractivity contribution in [2.24, 2.45) is 5.92 Å². The minimum absolute atomic E-state index is 0.104. The number of alkyl halides is 6. The van der Waals surface area contributed by atoms with Gasteiger partial charge in [0.2, 0.25) is 5.91 Å². The molecule has 4 rings (SSSR count). The highest BCUT2D eigenvalue weighted by molar-refractivity contribution is 8.00. The summed E-state index contributed by atoms with van der Waals surface area (Å²) < 4.78 is 76.0. The number of benzene rings is 2. The number of amides is 1. The number of hydrogen-bond donors (Lipinski definition) is 1. The molecule has 2 aromatic carbocycles. The van der Waals surface area contributed by atoms with Crippen molar-refractivity contribution < 1.29 is 31.1 Å². The van der Waals surface area contributed by atoms with Gasteiger partial charge in [-0.2, -0.15) is 26.3 Å². The van der Waals surface area contributed by atoms with E-state index < -0.39 is 17.2 Å². The van der Waals surface area contributed by atoms with E-state index in [1.165, 1.54) is 24.3 Å². The number of hydrogen-bond acceptors (Lipinski definition) is 5. The molecule has 0 bridgehead atoms. The van der Waals surface area contributed by atoms with Crippen molar-refractivity contribution in [1.29, 1.82) is 0 Å². The summed E-state index contributed by atoms with van der Waals surface area (Å²) in [4.78, 5) is 19.4. The van der Waals surface area contributed by atoms with Crippen LogP contribution in [0.15, 0.2) is 53.4 Å². The molecular weight excluding hydrogens is 542 g/mol. The number of carbonyl (C=O) groups excluding carboxylic acids is 1. The van der Waals surface area contributed by atoms with Gasteiger partial charge in [-0.05, 0) is 73.1 Å². The molecule has 0 radical (unpaired) electrons. The van der Waals surface area contributed by atoms with E-state index in [1.54, 1.807) is 12.1 Å². The number of rotatable bonds is 7. The molecule has 39 heavy (non-hydrogen) atoms. The maximum Gasteiger partial charge on any atom is 0.446 e. The molecule has 1 N–H and O–H groups in total. The van der Waals surface area contributed by atoms with E-state index in [2.05, 4.69) is 15.1 Å². The highest BCUT2D eigenvalue weighted by Crippen LogP contribution is 2.37. The smallest absolute Gasteiger partial charge is 0.382 e. The van der Waals surface area contributed by atoms with E-state index in [0.29, 0.717) is 32.7 Å². The summed E-state index contributed by atoms with van der Waals surface area (Å²) in [6.45, 7) is 6.60. The Balaban J connectivity index is 1.18. The quantitative estimate of drug-likeness (QED) is 0.316. The molecule has 0 aromatic heterocycles. The first-order valence-corrected chi connectivity index (χ1v) is 13.7. The predicted octanol–water partition coefficient (Wildman–Crippen LogP) is 6.18. The number of halogens is 6. The van der Waals surface area contributed by atoms with Gasteiger partial charge in [0.15, 0.2) is 0 Å². The molecule has 2 saturated heterocycles. The Bertz CT molecular complexity index is 1080. The summed E-state index contributed by atoms with van der Waals surface area (Å²) in [7, 11) is 0. The van der Waals surface area contributed by atoms with Crippen LogP contribution in [-0.2, 0) is 11.0 Å². The van der Waals surface area contributed by atoms with E-state index in [1.807, 2.05) is 11.8 Å². The lowest BCUT2D eigenvalue weighted by molar-refractivity contribution is -0.138. The monoisotopic (exact) mass is 574 g/mol.